The molecule has 3 nitrogen and oxygen atoms in total. The molecule has 1 saturated carbocycles. The smallest absolute Gasteiger partial charge is 0.308 e. The third-order valence-electron chi connectivity index (χ3n) is 4.40. The van der Waals surface area contributed by atoms with E-state index in [0.29, 0.717) is 12.8 Å². The quantitative estimate of drug-likeness (QED) is 0.907. The number of nitrogens with zero attached hydrogens (tertiary/aromatic N) is 1. The van der Waals surface area contributed by atoms with E-state index >= 15 is 0 Å². The Balaban J connectivity index is 2.13. The van der Waals surface area contributed by atoms with Gasteiger partial charge in [0.15, 0.2) is 0 Å². The number of carboxylic acids is 1. The molecule has 1 aliphatic rings. The van der Waals surface area contributed by atoms with Gasteiger partial charge in [0, 0.05) is 6.04 Å². The molecular formula is C16H21F2NO2. The highest BCUT2D eigenvalue weighted by Crippen LogP contribution is 2.38. The van der Waals surface area contributed by atoms with Crippen LogP contribution in [-0.2, 0) is 4.79 Å². The van der Waals surface area contributed by atoms with Crippen LogP contribution in [0.2, 0.25) is 0 Å². The van der Waals surface area contributed by atoms with Crippen molar-refractivity contribution in [1.82, 2.24) is 4.90 Å². The van der Waals surface area contributed by atoms with Gasteiger partial charge in [0.05, 0.1) is 12.5 Å². The van der Waals surface area contributed by atoms with Crippen LogP contribution < -0.4 is 0 Å². The average molecular weight is 297 g/mol. The van der Waals surface area contributed by atoms with Crippen LogP contribution in [0.15, 0.2) is 30.3 Å². The van der Waals surface area contributed by atoms with E-state index in [2.05, 4.69) is 0 Å². The lowest BCUT2D eigenvalue weighted by molar-refractivity contribution is -0.146. The van der Waals surface area contributed by atoms with E-state index in [4.69, 9.17) is 0 Å². The monoisotopic (exact) mass is 297 g/mol. The van der Waals surface area contributed by atoms with Crippen molar-refractivity contribution in [2.24, 2.45) is 5.92 Å². The van der Waals surface area contributed by atoms with Gasteiger partial charge in [-0.25, -0.2) is 8.78 Å². The second kappa shape index (κ2) is 6.98. The Morgan fingerprint density at radius 2 is 2.00 bits per heavy atom. The van der Waals surface area contributed by atoms with Crippen molar-refractivity contribution in [3.63, 3.8) is 0 Å². The molecule has 0 saturated heterocycles. The number of hydrogen-bond acceptors (Lipinski definition) is 2. The van der Waals surface area contributed by atoms with Gasteiger partial charge in [-0.3, -0.25) is 9.69 Å². The Labute approximate surface area is 123 Å². The molecule has 0 spiro atoms. The fourth-order valence-electron chi connectivity index (χ4n) is 3.30. The molecule has 0 radical (unpaired) electrons. The van der Waals surface area contributed by atoms with Crippen molar-refractivity contribution in [3.8, 4) is 0 Å². The number of alkyl halides is 2. The van der Waals surface area contributed by atoms with Crippen molar-refractivity contribution in [2.45, 2.75) is 37.6 Å². The van der Waals surface area contributed by atoms with Gasteiger partial charge in [0.25, 0.3) is 6.43 Å². The van der Waals surface area contributed by atoms with Crippen LogP contribution in [-0.4, -0.2) is 42.0 Å². The van der Waals surface area contributed by atoms with Crippen molar-refractivity contribution in [3.05, 3.63) is 35.9 Å². The third kappa shape index (κ3) is 4.00. The predicted octanol–water partition coefficient (Wildman–Crippen LogP) is 3.22. The van der Waals surface area contributed by atoms with E-state index in [-0.39, 0.29) is 18.5 Å². The Morgan fingerprint density at radius 1 is 1.33 bits per heavy atom. The summed E-state index contributed by atoms with van der Waals surface area (Å²) >= 11 is 0. The van der Waals surface area contributed by atoms with Crippen molar-refractivity contribution in [1.29, 1.82) is 0 Å². The highest BCUT2D eigenvalue weighted by atomic mass is 19.3. The number of benzene rings is 1. The number of halogens is 2. The van der Waals surface area contributed by atoms with Crippen LogP contribution in [0.25, 0.3) is 0 Å². The largest absolute Gasteiger partial charge is 0.481 e. The predicted molar refractivity (Wildman–Crippen MR) is 76.6 cm³/mol. The van der Waals surface area contributed by atoms with Crippen LogP contribution in [0, 0.1) is 5.92 Å². The van der Waals surface area contributed by atoms with E-state index in [1.807, 2.05) is 30.3 Å². The van der Waals surface area contributed by atoms with Crippen molar-refractivity contribution < 1.29 is 18.7 Å². The zero-order valence-corrected chi connectivity index (χ0v) is 12.1. The number of rotatable bonds is 5. The second-order valence-electron chi connectivity index (χ2n) is 5.76. The summed E-state index contributed by atoms with van der Waals surface area (Å²) in [6.07, 6.45) is -0.501. The maximum absolute atomic E-state index is 12.6. The molecule has 1 aromatic carbocycles. The lowest BCUT2D eigenvalue weighted by Crippen LogP contribution is -2.46. The van der Waals surface area contributed by atoms with Crippen LogP contribution in [0.3, 0.4) is 0 Å². The second-order valence-corrected chi connectivity index (χ2v) is 5.76. The molecule has 0 aromatic heterocycles. The molecule has 0 amide bonds. The summed E-state index contributed by atoms with van der Waals surface area (Å²) in [6.45, 7) is -0.379. The topological polar surface area (TPSA) is 40.5 Å². The molecule has 1 N–H and O–H groups in total. The Kier molecular flexibility index (Phi) is 5.28. The summed E-state index contributed by atoms with van der Waals surface area (Å²) in [5.41, 5.74) is 1.16. The molecule has 0 bridgehead atoms. The molecule has 2 rings (SSSR count). The SMILES string of the molecule is CN(CC(F)F)C1CC(c2ccccc2)CCC1C(=O)O. The normalized spacial score (nSPS) is 26.2. The number of carboxylic acid groups (broad SMARTS) is 1. The first-order valence-electron chi connectivity index (χ1n) is 7.25. The minimum absolute atomic E-state index is 0.243. The summed E-state index contributed by atoms with van der Waals surface area (Å²) in [5, 5.41) is 9.33. The number of aliphatic carboxylic acids is 1. The molecular weight excluding hydrogens is 276 g/mol. The van der Waals surface area contributed by atoms with Gasteiger partial charge in [-0.2, -0.15) is 0 Å². The van der Waals surface area contributed by atoms with Gasteiger partial charge >= 0.3 is 5.97 Å². The van der Waals surface area contributed by atoms with Gasteiger partial charge in [-0.05, 0) is 37.8 Å². The van der Waals surface area contributed by atoms with Crippen molar-refractivity contribution in [2.75, 3.05) is 13.6 Å². The van der Waals surface area contributed by atoms with Crippen molar-refractivity contribution >= 4 is 5.97 Å². The minimum Gasteiger partial charge on any atom is -0.481 e. The lowest BCUT2D eigenvalue weighted by Gasteiger charge is -2.39. The molecule has 116 valence electrons. The van der Waals surface area contributed by atoms with Crippen LogP contribution >= 0.6 is 0 Å². The molecule has 0 heterocycles. The summed E-state index contributed by atoms with van der Waals surface area (Å²) < 4.78 is 25.2. The molecule has 1 aliphatic carbocycles. The minimum atomic E-state index is -2.44. The first-order chi connectivity index (χ1) is 9.99. The zero-order valence-electron chi connectivity index (χ0n) is 12.1. The molecule has 1 fully saturated rings. The Bertz CT molecular complexity index is 467. The first kappa shape index (κ1) is 15.9. The molecule has 3 unspecified atom stereocenters. The number of carbonyl (C=O) groups is 1. The van der Waals surface area contributed by atoms with Crippen LogP contribution in [0.5, 0.6) is 0 Å². The average Bonchev–Trinajstić information content (AvgIpc) is 2.46. The summed E-state index contributed by atoms with van der Waals surface area (Å²) in [4.78, 5) is 12.9. The van der Waals surface area contributed by atoms with E-state index in [0.717, 1.165) is 12.0 Å². The highest BCUT2D eigenvalue weighted by Gasteiger charge is 2.38. The highest BCUT2D eigenvalue weighted by molar-refractivity contribution is 5.71. The molecule has 5 heteroatoms. The van der Waals surface area contributed by atoms with E-state index in [9.17, 15) is 18.7 Å². The lowest BCUT2D eigenvalue weighted by atomic mass is 9.75. The Hall–Kier alpha value is -1.49. The van der Waals surface area contributed by atoms with Gasteiger partial charge in [-0.15, -0.1) is 0 Å². The summed E-state index contributed by atoms with van der Waals surface area (Å²) in [5.74, 6) is -1.20. The van der Waals surface area contributed by atoms with E-state index in [1.165, 1.54) is 4.90 Å². The molecule has 0 aliphatic heterocycles. The Morgan fingerprint density at radius 3 is 2.57 bits per heavy atom. The zero-order chi connectivity index (χ0) is 15.4. The maximum Gasteiger partial charge on any atom is 0.308 e. The summed E-state index contributed by atoms with van der Waals surface area (Å²) in [6, 6.07) is 9.56. The fourth-order valence-corrected chi connectivity index (χ4v) is 3.30. The first-order valence-corrected chi connectivity index (χ1v) is 7.25. The van der Waals surface area contributed by atoms with Crippen LogP contribution in [0.4, 0.5) is 8.78 Å². The van der Waals surface area contributed by atoms with Gasteiger partial charge in [0.1, 0.15) is 0 Å². The fraction of sp³-hybridized carbons (Fsp3) is 0.562. The standard InChI is InChI=1S/C16H21F2NO2/c1-19(10-15(17)18)14-9-12(7-8-13(14)16(20)21)11-5-3-2-4-6-11/h2-6,12-15H,7-10H2,1H3,(H,20,21). The van der Waals surface area contributed by atoms with Gasteiger partial charge in [-0.1, -0.05) is 30.3 Å². The van der Waals surface area contributed by atoms with Gasteiger partial charge < -0.3 is 5.11 Å². The summed E-state index contributed by atoms with van der Waals surface area (Å²) in [7, 11) is 1.60. The van der Waals surface area contributed by atoms with E-state index < -0.39 is 18.3 Å². The third-order valence-corrected chi connectivity index (χ3v) is 4.40. The molecule has 21 heavy (non-hydrogen) atoms. The van der Waals surface area contributed by atoms with E-state index in [1.54, 1.807) is 7.05 Å². The molecule has 3 atom stereocenters. The molecule has 1 aromatic rings. The number of hydrogen-bond donors (Lipinski definition) is 1. The van der Waals surface area contributed by atoms with Crippen LogP contribution in [0.1, 0.15) is 30.7 Å². The maximum atomic E-state index is 12.6. The van der Waals surface area contributed by atoms with Gasteiger partial charge in [0.2, 0.25) is 0 Å².